The van der Waals surface area contributed by atoms with Crippen LogP contribution in [-0.2, 0) is 40.6 Å². The van der Waals surface area contributed by atoms with E-state index < -0.39 is 36.0 Å². The van der Waals surface area contributed by atoms with Crippen molar-refractivity contribution in [1.29, 1.82) is 0 Å². The molecule has 0 saturated carbocycles. The fraction of sp³-hybridized carbons (Fsp3) is 0.282. The van der Waals surface area contributed by atoms with Gasteiger partial charge in [0.2, 0.25) is 5.91 Å². The number of unbranched alkanes of at least 4 members (excludes halogenated alkanes) is 3. The van der Waals surface area contributed by atoms with Crippen molar-refractivity contribution in [1.82, 2.24) is 39.7 Å². The lowest BCUT2D eigenvalue weighted by Crippen LogP contribution is -2.40. The smallest absolute Gasteiger partial charge is 0.355 e. The quantitative estimate of drug-likeness (QED) is 0.124. The van der Waals surface area contributed by atoms with Gasteiger partial charge in [-0.25, -0.2) is 9.48 Å². The molecular formula is C39H36F3N9O5. The van der Waals surface area contributed by atoms with Crippen molar-refractivity contribution in [3.05, 3.63) is 107 Å². The fourth-order valence-corrected chi connectivity index (χ4v) is 6.65. The molecule has 2 aliphatic heterocycles. The van der Waals surface area contributed by atoms with E-state index in [0.717, 1.165) is 47.4 Å². The third-order valence-corrected chi connectivity index (χ3v) is 9.48. The van der Waals surface area contributed by atoms with Gasteiger partial charge < -0.3 is 15.5 Å². The van der Waals surface area contributed by atoms with E-state index in [-0.39, 0.29) is 23.8 Å². The van der Waals surface area contributed by atoms with E-state index in [1.54, 1.807) is 70.6 Å². The maximum absolute atomic E-state index is 13.7. The van der Waals surface area contributed by atoms with Crippen molar-refractivity contribution in [2.45, 2.75) is 58.0 Å². The highest BCUT2D eigenvalue weighted by Crippen LogP contribution is 2.30. The summed E-state index contributed by atoms with van der Waals surface area (Å²) in [5, 5.41) is 14.9. The van der Waals surface area contributed by atoms with Gasteiger partial charge in [0.1, 0.15) is 13.1 Å². The number of nitrogens with zero attached hydrogens (tertiary/aromatic N) is 7. The summed E-state index contributed by atoms with van der Waals surface area (Å²) in [4.78, 5) is 68.5. The average Bonchev–Trinajstić information content (AvgIpc) is 3.88. The number of halogens is 3. The number of nitrogens with one attached hydrogen (secondary N) is 2. The maximum atomic E-state index is 13.7. The summed E-state index contributed by atoms with van der Waals surface area (Å²) in [7, 11) is 0. The van der Waals surface area contributed by atoms with Crippen LogP contribution in [0.5, 0.6) is 0 Å². The molecule has 5 heterocycles. The summed E-state index contributed by atoms with van der Waals surface area (Å²) in [6, 6.07) is 14.6. The van der Waals surface area contributed by atoms with E-state index in [1.165, 1.54) is 6.07 Å². The number of anilines is 1. The SMILES string of the molecule is O=C(CN1C(=O)C=CC1=O)NCCCCCCn1cc2c(-c3cc(-c4ccc(NC(=O)N5Cc6ccncc6C5)cc4)nn(CC(F)(F)F)c3=O)cccc2n1. The Balaban J connectivity index is 1.01. The molecule has 56 heavy (non-hydrogen) atoms. The standard InChI is InChI=1S/C39H36F3N9O5/c40-39(41,42)24-51-37(55)30(18-33(47-51)25-8-10-28(11-9-25)45-38(56)48-20-26-14-16-43-19-27(26)21-48)29-6-5-7-32-31(29)22-49(46-32)17-4-2-1-3-15-44-34(52)23-50-35(53)12-13-36(50)54/h5-14,16,18-19,22H,1-4,15,17,20-21,23-24H2,(H,44,52)(H,45,56). The maximum Gasteiger partial charge on any atom is 0.408 e. The van der Waals surface area contributed by atoms with Crippen LogP contribution in [0.3, 0.4) is 0 Å². The van der Waals surface area contributed by atoms with Gasteiger partial charge in [0.05, 0.1) is 16.8 Å². The van der Waals surface area contributed by atoms with Crippen molar-refractivity contribution in [3.8, 4) is 22.4 Å². The molecule has 0 aliphatic carbocycles. The molecule has 288 valence electrons. The van der Waals surface area contributed by atoms with Crippen LogP contribution in [0.15, 0.2) is 90.1 Å². The second kappa shape index (κ2) is 16.0. The highest BCUT2D eigenvalue weighted by Gasteiger charge is 2.31. The number of fused-ring (bicyclic) bond motifs is 2. The van der Waals surface area contributed by atoms with Crippen molar-refractivity contribution in [2.24, 2.45) is 0 Å². The second-order valence-electron chi connectivity index (χ2n) is 13.5. The zero-order chi connectivity index (χ0) is 39.4. The molecule has 0 saturated heterocycles. The van der Waals surface area contributed by atoms with E-state index in [4.69, 9.17) is 0 Å². The van der Waals surface area contributed by atoms with E-state index in [9.17, 15) is 37.1 Å². The van der Waals surface area contributed by atoms with Gasteiger partial charge in [0, 0.05) is 73.6 Å². The molecule has 2 N–H and O–H groups in total. The second-order valence-corrected chi connectivity index (χ2v) is 13.5. The summed E-state index contributed by atoms with van der Waals surface area (Å²) in [6.45, 7) is -0.104. The van der Waals surface area contributed by atoms with Gasteiger partial charge in [-0.2, -0.15) is 23.4 Å². The molecule has 0 unspecified atom stereocenters. The number of amides is 5. The fourth-order valence-electron chi connectivity index (χ4n) is 6.65. The molecule has 0 fully saturated rings. The number of rotatable bonds is 13. The van der Waals surface area contributed by atoms with Gasteiger partial charge in [-0.3, -0.25) is 33.7 Å². The van der Waals surface area contributed by atoms with E-state index >= 15 is 0 Å². The number of aryl methyl sites for hydroxylation is 1. The van der Waals surface area contributed by atoms with Crippen molar-refractivity contribution in [3.63, 3.8) is 0 Å². The third-order valence-electron chi connectivity index (χ3n) is 9.48. The van der Waals surface area contributed by atoms with Crippen molar-refractivity contribution < 1.29 is 32.3 Å². The van der Waals surface area contributed by atoms with E-state index in [1.807, 2.05) is 6.07 Å². The number of benzene rings is 2. The van der Waals surface area contributed by atoms with E-state index in [0.29, 0.717) is 65.0 Å². The lowest BCUT2D eigenvalue weighted by Gasteiger charge is -2.17. The van der Waals surface area contributed by atoms with Crippen LogP contribution in [0.1, 0.15) is 36.8 Å². The molecule has 3 aromatic heterocycles. The Morgan fingerprint density at radius 1 is 0.839 bits per heavy atom. The molecule has 14 nitrogen and oxygen atoms in total. The summed E-state index contributed by atoms with van der Waals surface area (Å²) < 4.78 is 43.2. The Hall–Kier alpha value is -6.65. The van der Waals surface area contributed by atoms with Crippen molar-refractivity contribution >= 4 is 40.3 Å². The van der Waals surface area contributed by atoms with Crippen LogP contribution >= 0.6 is 0 Å². The predicted octanol–water partition coefficient (Wildman–Crippen LogP) is 5.03. The molecule has 0 radical (unpaired) electrons. The average molecular weight is 768 g/mol. The van der Waals surface area contributed by atoms with Gasteiger partial charge in [-0.1, -0.05) is 37.1 Å². The molecule has 2 aliphatic rings. The summed E-state index contributed by atoms with van der Waals surface area (Å²) >= 11 is 0. The Kier molecular flexibility index (Phi) is 10.7. The van der Waals surface area contributed by atoms with Crippen LogP contribution in [-0.4, -0.2) is 77.4 Å². The first-order valence-electron chi connectivity index (χ1n) is 18.0. The number of imide groups is 1. The largest absolute Gasteiger partial charge is 0.408 e. The van der Waals surface area contributed by atoms with Crippen molar-refractivity contribution in [2.75, 3.05) is 18.4 Å². The third kappa shape index (κ3) is 8.66. The minimum Gasteiger partial charge on any atom is -0.355 e. The van der Waals surface area contributed by atoms with Crippen LogP contribution < -0.4 is 16.2 Å². The normalized spacial score (nSPS) is 13.8. The summed E-state index contributed by atoms with van der Waals surface area (Å²) in [5.74, 6) is -1.44. The van der Waals surface area contributed by atoms with Gasteiger partial charge in [0.15, 0.2) is 0 Å². The number of urea groups is 1. The first-order valence-corrected chi connectivity index (χ1v) is 18.0. The number of hydrogen-bond donors (Lipinski definition) is 2. The van der Waals surface area contributed by atoms with Crippen LogP contribution in [0.2, 0.25) is 0 Å². The molecule has 7 rings (SSSR count). The van der Waals surface area contributed by atoms with Crippen LogP contribution in [0.25, 0.3) is 33.3 Å². The molecule has 2 aromatic carbocycles. The number of alkyl halides is 3. The van der Waals surface area contributed by atoms with Gasteiger partial charge in [0.25, 0.3) is 17.4 Å². The number of hydrogen-bond acceptors (Lipinski definition) is 8. The monoisotopic (exact) mass is 767 g/mol. The molecule has 0 spiro atoms. The number of carbonyl (C=O) groups is 4. The van der Waals surface area contributed by atoms with Gasteiger partial charge in [-0.05, 0) is 59.9 Å². The summed E-state index contributed by atoms with van der Waals surface area (Å²) in [5.41, 5.74) is 3.14. The number of pyridine rings is 1. The number of carbonyl (C=O) groups excluding carboxylic acids is 4. The van der Waals surface area contributed by atoms with Crippen LogP contribution in [0, 0.1) is 0 Å². The lowest BCUT2D eigenvalue weighted by atomic mass is 10.0. The zero-order valence-electron chi connectivity index (χ0n) is 30.0. The Morgan fingerprint density at radius 2 is 1.59 bits per heavy atom. The topological polar surface area (TPSA) is 164 Å². The molecule has 5 aromatic rings. The minimum absolute atomic E-state index is 0.0293. The first-order chi connectivity index (χ1) is 26.9. The molecule has 5 amide bonds. The predicted molar refractivity (Wildman–Crippen MR) is 199 cm³/mol. The Bertz CT molecular complexity index is 2360. The van der Waals surface area contributed by atoms with Crippen LogP contribution in [0.4, 0.5) is 23.7 Å². The Labute approximate surface area is 317 Å². The molecule has 0 bridgehead atoms. The summed E-state index contributed by atoms with van der Waals surface area (Å²) in [6.07, 6.45) is 5.77. The van der Waals surface area contributed by atoms with Gasteiger partial charge in [-0.15, -0.1) is 0 Å². The lowest BCUT2D eigenvalue weighted by molar-refractivity contribution is -0.143. The highest BCUT2D eigenvalue weighted by atomic mass is 19.4. The molecule has 17 heteroatoms. The highest BCUT2D eigenvalue weighted by molar-refractivity contribution is 6.14. The van der Waals surface area contributed by atoms with E-state index in [2.05, 4.69) is 25.8 Å². The zero-order valence-corrected chi connectivity index (χ0v) is 30.0. The first kappa shape index (κ1) is 37.7. The molecular weight excluding hydrogens is 731 g/mol. The van der Waals surface area contributed by atoms with Gasteiger partial charge >= 0.3 is 12.2 Å². The molecule has 0 atom stereocenters. The Morgan fingerprint density at radius 3 is 2.34 bits per heavy atom. The minimum atomic E-state index is -4.71. The number of aromatic nitrogens is 5.